The largest absolute Gasteiger partial charge is 0.494 e. The number of anilines is 1. The maximum atomic E-state index is 12.7. The summed E-state index contributed by atoms with van der Waals surface area (Å²) >= 11 is 0. The van der Waals surface area contributed by atoms with Gasteiger partial charge in [-0.15, -0.1) is 0 Å². The van der Waals surface area contributed by atoms with E-state index in [9.17, 15) is 13.2 Å². The molecule has 1 aliphatic rings. The molecular weight excluding hydrogens is 424 g/mol. The van der Waals surface area contributed by atoms with Crippen LogP contribution in [0.4, 0.5) is 5.69 Å². The summed E-state index contributed by atoms with van der Waals surface area (Å²) in [5.74, 6) is 0.507. The Bertz CT molecular complexity index is 950. The lowest BCUT2D eigenvalue weighted by atomic mass is 10.1. The minimum absolute atomic E-state index is 0.247. The van der Waals surface area contributed by atoms with Crippen molar-refractivity contribution in [1.82, 2.24) is 4.31 Å². The van der Waals surface area contributed by atoms with Crippen LogP contribution in [-0.2, 0) is 10.0 Å². The Hall–Kier alpha value is -2.38. The zero-order chi connectivity index (χ0) is 22.8. The molecule has 0 radical (unpaired) electrons. The van der Waals surface area contributed by atoms with Crippen molar-refractivity contribution in [1.29, 1.82) is 0 Å². The lowest BCUT2D eigenvalue weighted by molar-refractivity contribution is 0.102. The fraction of sp³-hybridized carbons (Fsp3) is 0.480. The van der Waals surface area contributed by atoms with E-state index in [1.807, 2.05) is 0 Å². The highest BCUT2D eigenvalue weighted by atomic mass is 32.2. The number of amides is 1. The summed E-state index contributed by atoms with van der Waals surface area (Å²) < 4.78 is 32.8. The number of carbonyl (C=O) groups excluding carboxylic acids is 1. The molecule has 1 aliphatic heterocycles. The highest BCUT2D eigenvalue weighted by Gasteiger charge is 2.25. The van der Waals surface area contributed by atoms with Crippen molar-refractivity contribution >= 4 is 21.6 Å². The van der Waals surface area contributed by atoms with E-state index in [1.165, 1.54) is 25.7 Å². The number of nitrogens with one attached hydrogen (secondary N) is 1. The highest BCUT2D eigenvalue weighted by Crippen LogP contribution is 2.22. The topological polar surface area (TPSA) is 75.7 Å². The number of sulfonamides is 1. The average Bonchev–Trinajstić information content (AvgIpc) is 2.82. The van der Waals surface area contributed by atoms with E-state index in [1.54, 1.807) is 52.8 Å². The number of nitrogens with zero attached hydrogens (tertiary/aromatic N) is 1. The highest BCUT2D eigenvalue weighted by molar-refractivity contribution is 7.89. The third-order valence-corrected chi connectivity index (χ3v) is 7.61. The fourth-order valence-corrected chi connectivity index (χ4v) is 5.28. The lowest BCUT2D eigenvalue weighted by Crippen LogP contribution is -2.35. The van der Waals surface area contributed by atoms with Crippen molar-refractivity contribution in [2.45, 2.75) is 63.2 Å². The van der Waals surface area contributed by atoms with Gasteiger partial charge in [-0.25, -0.2) is 8.42 Å². The minimum Gasteiger partial charge on any atom is -0.494 e. The van der Waals surface area contributed by atoms with Crippen molar-refractivity contribution in [3.05, 3.63) is 54.1 Å². The zero-order valence-electron chi connectivity index (χ0n) is 18.9. The van der Waals surface area contributed by atoms with Crippen LogP contribution < -0.4 is 10.1 Å². The van der Waals surface area contributed by atoms with Crippen LogP contribution in [-0.4, -0.2) is 38.3 Å². The van der Waals surface area contributed by atoms with E-state index in [0.29, 0.717) is 30.9 Å². The van der Waals surface area contributed by atoms with E-state index in [4.69, 9.17) is 4.74 Å². The molecule has 2 aromatic rings. The molecule has 0 atom stereocenters. The first kappa shape index (κ1) is 24.3. The number of carbonyl (C=O) groups is 1. The molecule has 0 saturated carbocycles. The van der Waals surface area contributed by atoms with E-state index in [-0.39, 0.29) is 10.8 Å². The Labute approximate surface area is 192 Å². The molecule has 32 heavy (non-hydrogen) atoms. The van der Waals surface area contributed by atoms with Crippen molar-refractivity contribution in [3.8, 4) is 5.75 Å². The van der Waals surface area contributed by atoms with Crippen LogP contribution in [0.5, 0.6) is 5.75 Å². The van der Waals surface area contributed by atoms with Gasteiger partial charge in [0.2, 0.25) is 10.0 Å². The molecule has 0 bridgehead atoms. The second-order valence-electron chi connectivity index (χ2n) is 8.23. The first-order valence-electron chi connectivity index (χ1n) is 11.6. The maximum Gasteiger partial charge on any atom is 0.255 e. The second kappa shape index (κ2) is 12.0. The Morgan fingerprint density at radius 3 is 2.22 bits per heavy atom. The van der Waals surface area contributed by atoms with Gasteiger partial charge in [0.15, 0.2) is 0 Å². The molecule has 0 aromatic heterocycles. The van der Waals surface area contributed by atoms with Crippen LogP contribution in [0.3, 0.4) is 0 Å². The van der Waals surface area contributed by atoms with E-state index >= 15 is 0 Å². The van der Waals surface area contributed by atoms with Gasteiger partial charge in [-0.2, -0.15) is 4.31 Å². The lowest BCUT2D eigenvalue weighted by Gasteiger charge is -2.25. The monoisotopic (exact) mass is 458 g/mol. The second-order valence-corrected chi connectivity index (χ2v) is 10.2. The molecule has 0 unspecified atom stereocenters. The van der Waals surface area contributed by atoms with Crippen LogP contribution in [0.15, 0.2) is 53.4 Å². The molecule has 0 aliphatic carbocycles. The number of rotatable bonds is 11. The van der Waals surface area contributed by atoms with E-state index in [0.717, 1.165) is 31.4 Å². The van der Waals surface area contributed by atoms with Gasteiger partial charge in [0.1, 0.15) is 5.75 Å². The summed E-state index contributed by atoms with van der Waals surface area (Å²) in [6.45, 7) is 4.02. The van der Waals surface area contributed by atoms with Crippen molar-refractivity contribution in [2.24, 2.45) is 0 Å². The summed E-state index contributed by atoms with van der Waals surface area (Å²) in [6, 6.07) is 13.4. The normalized spacial score (nSPS) is 14.8. The van der Waals surface area contributed by atoms with Gasteiger partial charge in [-0.1, -0.05) is 39.0 Å². The predicted molar refractivity (Wildman–Crippen MR) is 128 cm³/mol. The first-order valence-corrected chi connectivity index (χ1v) is 13.1. The SMILES string of the molecule is CCCCCCCOc1ccc(C(=O)Nc2ccc(S(=O)(=O)N3CCCCC3)cc2)cc1. The van der Waals surface area contributed by atoms with Crippen LogP contribution in [0, 0.1) is 0 Å². The van der Waals surface area contributed by atoms with Crippen LogP contribution >= 0.6 is 0 Å². The zero-order valence-corrected chi connectivity index (χ0v) is 19.7. The summed E-state index contributed by atoms with van der Waals surface area (Å²) in [5, 5.41) is 2.82. The van der Waals surface area contributed by atoms with Gasteiger partial charge in [0, 0.05) is 24.3 Å². The summed E-state index contributed by atoms with van der Waals surface area (Å²) in [7, 11) is -3.47. The molecule has 3 rings (SSSR count). The maximum absolute atomic E-state index is 12.7. The number of hydrogen-bond donors (Lipinski definition) is 1. The van der Waals surface area contributed by atoms with Crippen molar-refractivity contribution < 1.29 is 17.9 Å². The van der Waals surface area contributed by atoms with Gasteiger partial charge in [0.25, 0.3) is 5.91 Å². The molecule has 6 nitrogen and oxygen atoms in total. The number of unbranched alkanes of at least 4 members (excludes halogenated alkanes) is 4. The minimum atomic E-state index is -3.47. The molecule has 1 N–H and O–H groups in total. The Kier molecular flexibility index (Phi) is 9.11. The standard InChI is InChI=1S/C25H34N2O4S/c1-2-3-4-5-9-20-31-23-14-10-21(11-15-23)25(28)26-22-12-16-24(17-13-22)32(29,30)27-18-7-6-8-19-27/h10-17H,2-9,18-20H2,1H3,(H,26,28). The summed E-state index contributed by atoms with van der Waals surface area (Å²) in [6.07, 6.45) is 8.81. The van der Waals surface area contributed by atoms with Crippen LogP contribution in [0.25, 0.3) is 0 Å². The average molecular weight is 459 g/mol. The molecule has 174 valence electrons. The van der Waals surface area contributed by atoms with Crippen molar-refractivity contribution in [3.63, 3.8) is 0 Å². The molecule has 1 amide bonds. The molecule has 1 heterocycles. The smallest absolute Gasteiger partial charge is 0.255 e. The molecule has 1 fully saturated rings. The fourth-order valence-electron chi connectivity index (χ4n) is 3.77. The Morgan fingerprint density at radius 1 is 0.906 bits per heavy atom. The van der Waals surface area contributed by atoms with Crippen molar-refractivity contribution in [2.75, 3.05) is 25.0 Å². The quantitative estimate of drug-likeness (QED) is 0.454. The number of ether oxygens (including phenoxy) is 1. The van der Waals surface area contributed by atoms with Crippen LogP contribution in [0.1, 0.15) is 68.6 Å². The van der Waals surface area contributed by atoms with Gasteiger partial charge in [-0.05, 0) is 67.8 Å². The molecular formula is C25H34N2O4S. The third kappa shape index (κ3) is 6.81. The number of benzene rings is 2. The number of piperidine rings is 1. The number of hydrogen-bond acceptors (Lipinski definition) is 4. The Morgan fingerprint density at radius 2 is 1.56 bits per heavy atom. The molecule has 1 saturated heterocycles. The molecule has 2 aromatic carbocycles. The first-order chi connectivity index (χ1) is 15.5. The third-order valence-electron chi connectivity index (χ3n) is 5.70. The predicted octanol–water partition coefficient (Wildman–Crippen LogP) is 5.46. The van der Waals surface area contributed by atoms with Gasteiger partial charge in [0.05, 0.1) is 11.5 Å². The van der Waals surface area contributed by atoms with Crippen LogP contribution in [0.2, 0.25) is 0 Å². The summed E-state index contributed by atoms with van der Waals surface area (Å²) in [4.78, 5) is 12.8. The Balaban J connectivity index is 1.51. The van der Waals surface area contributed by atoms with Gasteiger partial charge < -0.3 is 10.1 Å². The van der Waals surface area contributed by atoms with Gasteiger partial charge in [-0.3, -0.25) is 4.79 Å². The van der Waals surface area contributed by atoms with E-state index < -0.39 is 10.0 Å². The molecule has 7 heteroatoms. The molecule has 0 spiro atoms. The van der Waals surface area contributed by atoms with E-state index in [2.05, 4.69) is 12.2 Å². The summed E-state index contributed by atoms with van der Waals surface area (Å²) in [5.41, 5.74) is 1.07. The van der Waals surface area contributed by atoms with Gasteiger partial charge >= 0.3 is 0 Å².